The molecular weight excluding hydrogens is 378 g/mol. The standard InChI is InChI=1S/C10H21N.C10H19N.C8H17N/c1-9(2)8-10-4-6-11(3)7-5-10;1-9(2)8-11-6-4-10(3)5-7-11;1-8(2)7-9-5-3-4-6-9/h9-10H,4-8H2,1-3H3;4,9H,5-8H2,1-3H3;8H,3-7H2,1-2H3. The molecule has 2 saturated heterocycles. The Kier molecular flexibility index (Phi) is 15.0. The van der Waals surface area contributed by atoms with Crippen LogP contribution in [0.4, 0.5) is 0 Å². The monoisotopic (exact) mass is 435 g/mol. The number of hydrogen-bond donors (Lipinski definition) is 0. The highest BCUT2D eigenvalue weighted by Crippen LogP contribution is 2.22. The molecular formula is C28H57N3. The lowest BCUT2D eigenvalue weighted by Gasteiger charge is -2.29. The summed E-state index contributed by atoms with van der Waals surface area (Å²) >= 11 is 0. The van der Waals surface area contributed by atoms with Gasteiger partial charge in [-0.2, -0.15) is 0 Å². The van der Waals surface area contributed by atoms with E-state index in [4.69, 9.17) is 0 Å². The topological polar surface area (TPSA) is 9.72 Å². The van der Waals surface area contributed by atoms with Gasteiger partial charge in [-0.15, -0.1) is 0 Å². The van der Waals surface area contributed by atoms with Crippen LogP contribution in [-0.2, 0) is 0 Å². The average Bonchev–Trinajstić information content (AvgIpc) is 3.18. The van der Waals surface area contributed by atoms with E-state index in [0.717, 1.165) is 23.7 Å². The molecule has 184 valence electrons. The lowest BCUT2D eigenvalue weighted by Crippen LogP contribution is -2.31. The second-order valence-electron chi connectivity index (χ2n) is 11.7. The predicted molar refractivity (Wildman–Crippen MR) is 140 cm³/mol. The van der Waals surface area contributed by atoms with Crippen molar-refractivity contribution in [3.8, 4) is 0 Å². The van der Waals surface area contributed by atoms with Gasteiger partial charge in [0.15, 0.2) is 0 Å². The van der Waals surface area contributed by atoms with Crippen LogP contribution in [0.25, 0.3) is 0 Å². The van der Waals surface area contributed by atoms with Gasteiger partial charge in [-0.05, 0) is 102 Å². The number of nitrogens with zero attached hydrogens (tertiary/aromatic N) is 3. The van der Waals surface area contributed by atoms with Crippen molar-refractivity contribution in [3.05, 3.63) is 11.6 Å². The van der Waals surface area contributed by atoms with E-state index < -0.39 is 0 Å². The van der Waals surface area contributed by atoms with Gasteiger partial charge in [0.25, 0.3) is 0 Å². The normalized spacial score (nSPS) is 21.7. The van der Waals surface area contributed by atoms with E-state index in [1.807, 2.05) is 0 Å². The number of rotatable bonds is 6. The molecule has 0 radical (unpaired) electrons. The molecule has 3 heteroatoms. The lowest BCUT2D eigenvalue weighted by molar-refractivity contribution is 0.201. The minimum atomic E-state index is 0.807. The van der Waals surface area contributed by atoms with Gasteiger partial charge in [0.05, 0.1) is 0 Å². The summed E-state index contributed by atoms with van der Waals surface area (Å²) < 4.78 is 0. The van der Waals surface area contributed by atoms with Gasteiger partial charge in [0, 0.05) is 26.2 Å². The molecule has 0 aromatic carbocycles. The summed E-state index contributed by atoms with van der Waals surface area (Å²) in [5.74, 6) is 3.57. The zero-order valence-electron chi connectivity index (χ0n) is 22.6. The Hall–Kier alpha value is -0.380. The average molecular weight is 436 g/mol. The van der Waals surface area contributed by atoms with Crippen molar-refractivity contribution in [2.45, 2.75) is 87.0 Å². The largest absolute Gasteiger partial charge is 0.306 e. The highest BCUT2D eigenvalue weighted by Gasteiger charge is 2.17. The summed E-state index contributed by atoms with van der Waals surface area (Å²) in [7, 11) is 2.23. The van der Waals surface area contributed by atoms with Gasteiger partial charge >= 0.3 is 0 Å². The molecule has 31 heavy (non-hydrogen) atoms. The summed E-state index contributed by atoms with van der Waals surface area (Å²) in [6, 6.07) is 0. The molecule has 3 aliphatic heterocycles. The van der Waals surface area contributed by atoms with Crippen LogP contribution in [-0.4, -0.2) is 74.1 Å². The second kappa shape index (κ2) is 16.3. The Labute approximate surface area is 196 Å². The molecule has 3 rings (SSSR count). The highest BCUT2D eigenvalue weighted by atomic mass is 15.1. The van der Waals surface area contributed by atoms with Crippen LogP contribution in [0.5, 0.6) is 0 Å². The summed E-state index contributed by atoms with van der Waals surface area (Å²) in [6.45, 7) is 26.4. The summed E-state index contributed by atoms with van der Waals surface area (Å²) in [4.78, 5) is 7.53. The van der Waals surface area contributed by atoms with Gasteiger partial charge in [0.2, 0.25) is 0 Å². The second-order valence-corrected chi connectivity index (χ2v) is 11.7. The Morgan fingerprint density at radius 3 is 1.77 bits per heavy atom. The number of likely N-dealkylation sites (tertiary alicyclic amines) is 2. The number of hydrogen-bond acceptors (Lipinski definition) is 3. The van der Waals surface area contributed by atoms with Crippen molar-refractivity contribution in [1.29, 1.82) is 0 Å². The first kappa shape index (κ1) is 28.7. The molecule has 0 aromatic heterocycles. The predicted octanol–water partition coefficient (Wildman–Crippen LogP) is 6.41. The zero-order valence-corrected chi connectivity index (χ0v) is 22.6. The van der Waals surface area contributed by atoms with Crippen LogP contribution < -0.4 is 0 Å². The molecule has 0 saturated carbocycles. The molecule has 0 spiro atoms. The minimum absolute atomic E-state index is 0.807. The third kappa shape index (κ3) is 15.1. The molecule has 0 aromatic rings. The molecule has 3 nitrogen and oxygen atoms in total. The van der Waals surface area contributed by atoms with Crippen LogP contribution in [0.15, 0.2) is 11.6 Å². The van der Waals surface area contributed by atoms with Gasteiger partial charge in [-0.1, -0.05) is 53.2 Å². The van der Waals surface area contributed by atoms with Crippen molar-refractivity contribution < 1.29 is 0 Å². The van der Waals surface area contributed by atoms with Crippen LogP contribution in [0.3, 0.4) is 0 Å². The zero-order chi connectivity index (χ0) is 23.2. The minimum Gasteiger partial charge on any atom is -0.306 e. The number of piperidine rings is 1. The fraction of sp³-hybridized carbons (Fsp3) is 0.929. The molecule has 0 N–H and O–H groups in total. The van der Waals surface area contributed by atoms with Crippen molar-refractivity contribution in [2.75, 3.05) is 59.4 Å². The summed E-state index contributed by atoms with van der Waals surface area (Å²) in [5.41, 5.74) is 1.56. The van der Waals surface area contributed by atoms with Gasteiger partial charge in [-0.25, -0.2) is 0 Å². The molecule has 0 unspecified atom stereocenters. The molecule has 3 aliphatic rings. The molecule has 2 fully saturated rings. The molecule has 0 bridgehead atoms. The van der Waals surface area contributed by atoms with Crippen LogP contribution in [0.2, 0.25) is 0 Å². The van der Waals surface area contributed by atoms with Crippen molar-refractivity contribution in [3.63, 3.8) is 0 Å². The van der Waals surface area contributed by atoms with E-state index in [-0.39, 0.29) is 0 Å². The molecule has 0 atom stereocenters. The van der Waals surface area contributed by atoms with Crippen molar-refractivity contribution in [2.24, 2.45) is 23.7 Å². The fourth-order valence-corrected chi connectivity index (χ4v) is 4.94. The summed E-state index contributed by atoms with van der Waals surface area (Å²) in [6.07, 6.45) is 10.8. The van der Waals surface area contributed by atoms with Gasteiger partial charge in [0.1, 0.15) is 0 Å². The van der Waals surface area contributed by atoms with E-state index in [0.29, 0.717) is 0 Å². The lowest BCUT2D eigenvalue weighted by atomic mass is 9.89. The molecule has 0 aliphatic carbocycles. The Morgan fingerprint density at radius 1 is 0.774 bits per heavy atom. The quantitative estimate of drug-likeness (QED) is 0.446. The first-order valence-corrected chi connectivity index (χ1v) is 13.4. The van der Waals surface area contributed by atoms with Crippen LogP contribution >= 0.6 is 0 Å². The van der Waals surface area contributed by atoms with E-state index in [2.05, 4.69) is 76.3 Å². The summed E-state index contributed by atoms with van der Waals surface area (Å²) in [5, 5.41) is 0. The van der Waals surface area contributed by atoms with Gasteiger partial charge in [-0.3, -0.25) is 4.90 Å². The maximum atomic E-state index is 2.56. The maximum Gasteiger partial charge on any atom is 0.0165 e. The maximum absolute atomic E-state index is 2.56. The smallest absolute Gasteiger partial charge is 0.0165 e. The highest BCUT2D eigenvalue weighted by molar-refractivity contribution is 5.03. The van der Waals surface area contributed by atoms with Gasteiger partial charge < -0.3 is 9.80 Å². The fourth-order valence-electron chi connectivity index (χ4n) is 4.94. The van der Waals surface area contributed by atoms with Crippen LogP contribution in [0.1, 0.15) is 87.0 Å². The Bertz CT molecular complexity index is 455. The first-order chi connectivity index (χ1) is 14.7. The molecule has 0 amide bonds. The first-order valence-electron chi connectivity index (χ1n) is 13.4. The Balaban J connectivity index is 0.000000234. The van der Waals surface area contributed by atoms with E-state index in [9.17, 15) is 0 Å². The third-order valence-corrected chi connectivity index (χ3v) is 6.61. The van der Waals surface area contributed by atoms with Crippen molar-refractivity contribution >= 4 is 0 Å². The van der Waals surface area contributed by atoms with E-state index >= 15 is 0 Å². The van der Waals surface area contributed by atoms with E-state index in [1.54, 1.807) is 5.57 Å². The molecule has 3 heterocycles. The van der Waals surface area contributed by atoms with E-state index in [1.165, 1.54) is 90.9 Å². The third-order valence-electron chi connectivity index (χ3n) is 6.61. The SMILES string of the molecule is CC(C)CC1CCN(C)CC1.CC(C)CN1CCCC1.CC1=CCN(CC(C)C)CC1. The van der Waals surface area contributed by atoms with Crippen molar-refractivity contribution in [1.82, 2.24) is 14.7 Å². The Morgan fingerprint density at radius 2 is 1.32 bits per heavy atom. The van der Waals surface area contributed by atoms with Crippen LogP contribution in [0, 0.1) is 23.7 Å².